The topological polar surface area (TPSA) is 62.7 Å². The van der Waals surface area contributed by atoms with Crippen molar-refractivity contribution in [3.63, 3.8) is 0 Å². The minimum absolute atomic E-state index is 0.181. The zero-order valence-electron chi connectivity index (χ0n) is 20.1. The van der Waals surface area contributed by atoms with Gasteiger partial charge in [0, 0.05) is 17.5 Å². The van der Waals surface area contributed by atoms with Crippen molar-refractivity contribution in [2.45, 2.75) is 32.1 Å². The summed E-state index contributed by atoms with van der Waals surface area (Å²) in [5.41, 5.74) is 0.498. The van der Waals surface area contributed by atoms with Gasteiger partial charge in [0.25, 0.3) is 0 Å². The molecule has 8 heteroatoms. The zero-order chi connectivity index (χ0) is 25.7. The number of nitrogens with zero attached hydrogens (tertiary/aromatic N) is 2. The summed E-state index contributed by atoms with van der Waals surface area (Å²) in [7, 11) is 1.55. The van der Waals surface area contributed by atoms with Crippen LogP contribution in [0.15, 0.2) is 48.7 Å². The minimum Gasteiger partial charge on any atom is -0.497 e. The predicted octanol–water partition coefficient (Wildman–Crippen LogP) is 5.86. The molecule has 2 aromatic carbocycles. The van der Waals surface area contributed by atoms with Crippen LogP contribution in [0.4, 0.5) is 13.2 Å². The number of rotatable bonds is 9. The maximum absolute atomic E-state index is 14.6. The summed E-state index contributed by atoms with van der Waals surface area (Å²) < 4.78 is 47.0. The maximum atomic E-state index is 14.6. The van der Waals surface area contributed by atoms with Gasteiger partial charge in [-0.15, -0.1) is 0 Å². The van der Waals surface area contributed by atoms with E-state index in [0.29, 0.717) is 74.0 Å². The number of aromatic nitrogens is 1. The average molecular weight is 499 g/mol. The van der Waals surface area contributed by atoms with E-state index in [1.807, 2.05) is 0 Å². The van der Waals surface area contributed by atoms with Crippen LogP contribution in [0.25, 0.3) is 17.0 Å². The molecule has 1 N–H and O–H groups in total. The van der Waals surface area contributed by atoms with Crippen LogP contribution in [0.1, 0.15) is 36.8 Å². The standard InChI is InChI=1S/C28H29F3N2O3/c1-36-21-7-9-26-23(17-21)22(25(31)18-32-26)5-2-10-28(27(34)35)11-14-33(15-12-28)13-3-4-19-16-20(29)6-8-24(19)30/h3-4,6-9,16-18H,2,5,10-15H2,1H3,(H,34,35). The molecule has 2 heterocycles. The number of carboxylic acid groups (broad SMARTS) is 1. The van der Waals surface area contributed by atoms with E-state index in [1.54, 1.807) is 37.5 Å². The fraction of sp³-hybridized carbons (Fsp3) is 0.357. The summed E-state index contributed by atoms with van der Waals surface area (Å²) in [5, 5.41) is 10.7. The van der Waals surface area contributed by atoms with Crippen LogP contribution in [0.3, 0.4) is 0 Å². The van der Waals surface area contributed by atoms with Gasteiger partial charge in [0.05, 0.1) is 24.2 Å². The van der Waals surface area contributed by atoms with Gasteiger partial charge >= 0.3 is 5.97 Å². The number of hydrogen-bond donors (Lipinski definition) is 1. The normalized spacial score (nSPS) is 16.0. The van der Waals surface area contributed by atoms with Crippen LogP contribution in [-0.4, -0.2) is 47.7 Å². The third kappa shape index (κ3) is 5.70. The smallest absolute Gasteiger partial charge is 0.309 e. The van der Waals surface area contributed by atoms with Crippen LogP contribution in [-0.2, 0) is 11.2 Å². The Morgan fingerprint density at radius 3 is 2.64 bits per heavy atom. The number of fused-ring (bicyclic) bond motifs is 1. The monoisotopic (exact) mass is 498 g/mol. The Bertz CT molecular complexity index is 1270. The Morgan fingerprint density at radius 1 is 1.14 bits per heavy atom. The van der Waals surface area contributed by atoms with Crippen molar-refractivity contribution in [2.24, 2.45) is 5.41 Å². The quantitative estimate of drug-likeness (QED) is 0.400. The molecule has 5 nitrogen and oxygen atoms in total. The highest BCUT2D eigenvalue weighted by atomic mass is 19.1. The zero-order valence-corrected chi connectivity index (χ0v) is 20.1. The third-order valence-electron chi connectivity index (χ3n) is 7.10. The second-order valence-corrected chi connectivity index (χ2v) is 9.28. The first-order valence-electron chi connectivity index (χ1n) is 12.0. The number of carbonyl (C=O) groups is 1. The van der Waals surface area contributed by atoms with Gasteiger partial charge in [0.2, 0.25) is 0 Å². The number of piperidine rings is 1. The Hall–Kier alpha value is -3.39. The van der Waals surface area contributed by atoms with Gasteiger partial charge in [-0.25, -0.2) is 13.2 Å². The SMILES string of the molecule is COc1ccc2ncc(F)c(CCCC3(C(=O)O)CCN(CC=Cc4cc(F)ccc4F)CC3)c2c1. The van der Waals surface area contributed by atoms with Crippen molar-refractivity contribution >= 4 is 22.9 Å². The van der Waals surface area contributed by atoms with Crippen LogP contribution in [0, 0.1) is 22.9 Å². The van der Waals surface area contributed by atoms with Crippen molar-refractivity contribution in [1.82, 2.24) is 9.88 Å². The molecule has 0 amide bonds. The van der Waals surface area contributed by atoms with E-state index < -0.39 is 28.8 Å². The lowest BCUT2D eigenvalue weighted by Crippen LogP contribution is -2.44. The number of carboxylic acids is 1. The van der Waals surface area contributed by atoms with Crippen LogP contribution in [0.2, 0.25) is 0 Å². The van der Waals surface area contributed by atoms with Crippen LogP contribution >= 0.6 is 0 Å². The highest BCUT2D eigenvalue weighted by molar-refractivity contribution is 5.83. The largest absolute Gasteiger partial charge is 0.497 e. The fourth-order valence-electron chi connectivity index (χ4n) is 4.89. The molecule has 1 fully saturated rings. The van der Waals surface area contributed by atoms with E-state index in [-0.39, 0.29) is 5.56 Å². The fourth-order valence-corrected chi connectivity index (χ4v) is 4.89. The molecule has 3 aromatic rings. The summed E-state index contributed by atoms with van der Waals surface area (Å²) >= 11 is 0. The second-order valence-electron chi connectivity index (χ2n) is 9.28. The van der Waals surface area contributed by atoms with E-state index in [0.717, 1.165) is 18.2 Å². The Morgan fingerprint density at radius 2 is 1.92 bits per heavy atom. The van der Waals surface area contributed by atoms with E-state index in [4.69, 9.17) is 4.74 Å². The Kier molecular flexibility index (Phi) is 7.94. The van der Waals surface area contributed by atoms with Crippen molar-refractivity contribution in [1.29, 1.82) is 0 Å². The van der Waals surface area contributed by atoms with E-state index in [1.165, 1.54) is 6.20 Å². The van der Waals surface area contributed by atoms with Gasteiger partial charge in [-0.3, -0.25) is 14.7 Å². The molecular formula is C28H29F3N2O3. The summed E-state index contributed by atoms with van der Waals surface area (Å²) in [4.78, 5) is 18.5. The van der Waals surface area contributed by atoms with Crippen molar-refractivity contribution in [2.75, 3.05) is 26.7 Å². The van der Waals surface area contributed by atoms with Gasteiger partial charge in [0.15, 0.2) is 0 Å². The number of methoxy groups -OCH3 is 1. The van der Waals surface area contributed by atoms with Crippen LogP contribution < -0.4 is 4.74 Å². The van der Waals surface area contributed by atoms with Crippen LogP contribution in [0.5, 0.6) is 5.75 Å². The maximum Gasteiger partial charge on any atom is 0.309 e. The molecular weight excluding hydrogens is 469 g/mol. The number of likely N-dealkylation sites (tertiary alicyclic amines) is 1. The lowest BCUT2D eigenvalue weighted by molar-refractivity contribution is -0.152. The molecule has 0 radical (unpaired) electrons. The molecule has 36 heavy (non-hydrogen) atoms. The van der Waals surface area contributed by atoms with Crippen molar-refractivity contribution in [3.8, 4) is 5.75 Å². The second kappa shape index (κ2) is 11.1. The molecule has 1 aliphatic rings. The summed E-state index contributed by atoms with van der Waals surface area (Å²) in [6.07, 6.45) is 6.82. The number of hydrogen-bond acceptors (Lipinski definition) is 4. The molecule has 0 aliphatic carbocycles. The van der Waals surface area contributed by atoms with E-state index in [2.05, 4.69) is 9.88 Å². The Balaban J connectivity index is 1.37. The van der Waals surface area contributed by atoms with Gasteiger partial charge < -0.3 is 9.84 Å². The van der Waals surface area contributed by atoms with Gasteiger partial charge in [0.1, 0.15) is 23.2 Å². The summed E-state index contributed by atoms with van der Waals surface area (Å²) in [6.45, 7) is 1.67. The minimum atomic E-state index is -0.869. The average Bonchev–Trinajstić information content (AvgIpc) is 2.88. The molecule has 0 bridgehead atoms. The lowest BCUT2D eigenvalue weighted by Gasteiger charge is -2.38. The first-order valence-corrected chi connectivity index (χ1v) is 12.0. The van der Waals surface area contributed by atoms with Gasteiger partial charge in [-0.2, -0.15) is 0 Å². The number of aliphatic carboxylic acids is 1. The molecule has 1 aromatic heterocycles. The number of pyridine rings is 1. The molecule has 0 unspecified atom stereocenters. The number of aryl methyl sites for hydroxylation is 1. The third-order valence-corrected chi connectivity index (χ3v) is 7.10. The van der Waals surface area contributed by atoms with Gasteiger partial charge in [-0.1, -0.05) is 12.2 Å². The summed E-state index contributed by atoms with van der Waals surface area (Å²) in [6, 6.07) is 8.62. The molecule has 4 rings (SSSR count). The highest BCUT2D eigenvalue weighted by Gasteiger charge is 2.40. The molecule has 190 valence electrons. The molecule has 0 atom stereocenters. The number of benzene rings is 2. The number of ether oxygens (including phenoxy) is 1. The Labute approximate surface area is 208 Å². The highest BCUT2D eigenvalue weighted by Crippen LogP contribution is 2.37. The molecule has 0 spiro atoms. The molecule has 0 saturated carbocycles. The predicted molar refractivity (Wildman–Crippen MR) is 132 cm³/mol. The molecule has 1 saturated heterocycles. The van der Waals surface area contributed by atoms with Crippen molar-refractivity contribution < 1.29 is 27.8 Å². The first kappa shape index (κ1) is 25.7. The summed E-state index contributed by atoms with van der Waals surface area (Å²) in [5.74, 6) is -1.62. The van der Waals surface area contributed by atoms with E-state index in [9.17, 15) is 23.1 Å². The van der Waals surface area contributed by atoms with E-state index >= 15 is 0 Å². The molecule has 1 aliphatic heterocycles. The number of halogens is 3. The van der Waals surface area contributed by atoms with Crippen molar-refractivity contribution in [3.05, 3.63) is 77.2 Å². The lowest BCUT2D eigenvalue weighted by atomic mass is 9.74. The van der Waals surface area contributed by atoms with Gasteiger partial charge in [-0.05, 0) is 87.2 Å². The first-order chi connectivity index (χ1) is 17.3.